The molecule has 20 nitrogen and oxygen atoms in total. The summed E-state index contributed by atoms with van der Waals surface area (Å²) in [4.78, 5) is 44.6. The third kappa shape index (κ3) is 16.3. The number of hydrogen-bond donors (Lipinski definition) is 1. The third-order valence-corrected chi connectivity index (χ3v) is 15.3. The molecule has 3 aromatic carbocycles. The van der Waals surface area contributed by atoms with Crippen LogP contribution in [0.5, 0.6) is 5.75 Å². The first kappa shape index (κ1) is 62.5. The molecule has 1 saturated heterocycles. The molecule has 7 rings (SSSR count). The van der Waals surface area contributed by atoms with Crippen LogP contribution in [0.2, 0.25) is 0 Å². The second kappa shape index (κ2) is 28.2. The number of allylic oxidation sites excluding steroid dienone is 4. The molecule has 2 amide bonds. The summed E-state index contributed by atoms with van der Waals surface area (Å²) in [5, 5.41) is 0.475. The molecular formula is C55H69N3NaO17S2+. The monoisotopic (exact) mass is 1130 g/mol. The number of rotatable bonds is 30. The molecule has 3 aromatic rings. The average molecular weight is 1130 g/mol. The molecule has 0 aliphatic carbocycles. The van der Waals surface area contributed by atoms with E-state index in [9.17, 15) is 40.3 Å². The summed E-state index contributed by atoms with van der Waals surface area (Å²) in [5.74, 6) is -1.61. The van der Waals surface area contributed by atoms with Crippen molar-refractivity contribution in [2.75, 3.05) is 104 Å². The van der Waals surface area contributed by atoms with Gasteiger partial charge >= 0.3 is 35.5 Å². The van der Waals surface area contributed by atoms with Crippen molar-refractivity contribution in [3.8, 4) is 5.75 Å². The Morgan fingerprint density at radius 2 is 1.41 bits per heavy atom. The number of carbonyl (C=O) groups excluding carboxylic acids is 3. The van der Waals surface area contributed by atoms with Gasteiger partial charge in [0, 0.05) is 85.5 Å². The second-order valence-electron chi connectivity index (χ2n) is 19.7. The van der Waals surface area contributed by atoms with Crippen molar-refractivity contribution >= 4 is 72.0 Å². The number of hydroxylamine groups is 2. The number of amides is 2. The van der Waals surface area contributed by atoms with Crippen LogP contribution in [-0.2, 0) is 73.3 Å². The fraction of sp³-hybridized carbons (Fsp3) is 0.491. The van der Waals surface area contributed by atoms with E-state index in [0.29, 0.717) is 124 Å². The van der Waals surface area contributed by atoms with Gasteiger partial charge in [0.1, 0.15) is 28.2 Å². The van der Waals surface area contributed by atoms with Crippen molar-refractivity contribution in [2.24, 2.45) is 0 Å². The number of benzene rings is 3. The molecule has 1 atom stereocenters. The van der Waals surface area contributed by atoms with E-state index in [1.807, 2.05) is 67.0 Å². The number of anilines is 1. The van der Waals surface area contributed by atoms with Gasteiger partial charge in [0.2, 0.25) is 5.69 Å². The molecule has 0 spiro atoms. The van der Waals surface area contributed by atoms with Gasteiger partial charge in [-0.2, -0.15) is 13.0 Å². The maximum Gasteiger partial charge on any atom is 1.00 e. The van der Waals surface area contributed by atoms with E-state index < -0.39 is 59.6 Å². The number of imide groups is 1. The molecular weight excluding hydrogens is 1060 g/mol. The summed E-state index contributed by atoms with van der Waals surface area (Å²) in [7, 11) is -7.74. The topological polar surface area (TPSA) is 246 Å². The quantitative estimate of drug-likeness (QED) is 0.0331. The normalized spacial score (nSPS) is 18.3. The van der Waals surface area contributed by atoms with Gasteiger partial charge in [-0.05, 0) is 76.0 Å². The Labute approximate surface area is 479 Å². The molecule has 0 radical (unpaired) electrons. The number of hydrogen-bond acceptors (Lipinski definition) is 17. The van der Waals surface area contributed by atoms with Gasteiger partial charge in [0.05, 0.1) is 94.3 Å². The van der Waals surface area contributed by atoms with Crippen LogP contribution in [0.25, 0.3) is 16.9 Å². The maximum absolute atomic E-state index is 13.2. The average Bonchev–Trinajstić information content (AvgIpc) is 3.98. The minimum Gasteiger partial charge on any atom is -0.744 e. The van der Waals surface area contributed by atoms with E-state index in [4.69, 9.17) is 38.0 Å². The van der Waals surface area contributed by atoms with E-state index in [2.05, 4.69) is 30.9 Å². The number of carbonyl (C=O) groups is 3. The predicted octanol–water partition coefficient (Wildman–Crippen LogP) is 3.25. The Morgan fingerprint density at radius 3 is 2.00 bits per heavy atom. The van der Waals surface area contributed by atoms with E-state index in [1.165, 1.54) is 18.2 Å². The Bertz CT molecular complexity index is 2980. The molecule has 0 bridgehead atoms. The van der Waals surface area contributed by atoms with Crippen LogP contribution in [0.3, 0.4) is 0 Å². The van der Waals surface area contributed by atoms with Gasteiger partial charge in [-0.25, -0.2) is 13.2 Å². The zero-order valence-corrected chi connectivity index (χ0v) is 48.9. The summed E-state index contributed by atoms with van der Waals surface area (Å²) in [5.41, 5.74) is 4.88. The van der Waals surface area contributed by atoms with Gasteiger partial charge < -0.3 is 47.4 Å². The van der Waals surface area contributed by atoms with Gasteiger partial charge in [-0.15, -0.1) is 5.06 Å². The minimum absolute atomic E-state index is 0. The van der Waals surface area contributed by atoms with Crippen molar-refractivity contribution < 1.29 is 112 Å². The number of nitrogens with zero attached hydrogens (tertiary/aromatic N) is 3. The van der Waals surface area contributed by atoms with Crippen LogP contribution in [0, 0.1) is 0 Å². The molecule has 0 aromatic heterocycles. The summed E-state index contributed by atoms with van der Waals surface area (Å²) < 4.78 is 114. The first-order valence-electron chi connectivity index (χ1n) is 25.7. The Morgan fingerprint density at radius 1 is 0.808 bits per heavy atom. The minimum atomic E-state index is -4.97. The Balaban J connectivity index is 0.00000984. The molecule has 418 valence electrons. The molecule has 4 aliphatic heterocycles. The predicted molar refractivity (Wildman–Crippen MR) is 284 cm³/mol. The second-order valence-corrected chi connectivity index (χ2v) is 22.6. The van der Waals surface area contributed by atoms with Crippen LogP contribution >= 0.6 is 0 Å². The van der Waals surface area contributed by atoms with Crippen LogP contribution < -0.4 is 39.2 Å². The first-order chi connectivity index (χ1) is 36.7. The van der Waals surface area contributed by atoms with Crippen LogP contribution in [0.15, 0.2) is 83.8 Å². The van der Waals surface area contributed by atoms with Crippen molar-refractivity contribution in [3.63, 3.8) is 0 Å². The molecule has 0 saturated carbocycles. The Kier molecular flexibility index (Phi) is 22.6. The summed E-state index contributed by atoms with van der Waals surface area (Å²) >= 11 is 0. The van der Waals surface area contributed by atoms with Gasteiger partial charge in [-0.3, -0.25) is 14.1 Å². The summed E-state index contributed by atoms with van der Waals surface area (Å²) in [6.45, 7) is 13.7. The molecule has 78 heavy (non-hydrogen) atoms. The standard InChI is InChI=1S/C55H69N3O17S2.Na/c1-39-38-54(2,3)57(20-21-69-24-25-71-28-29-73-31-30-72-27-26-70-23-22-68-5)47-37-49-44(36-43(39)47)41(33-48(74-49)40-11-7-6-8-12-40)34-50-55(4,18-9-13-53(61)75-58-51(59)16-17-52(58)60)45-35-42(77(65,66)67)14-15-46(45)56(50)19-10-32-76(62,63)64;/h6-8,11-12,14-15,33-38H,9-10,13,16-32H2,1-5H3,(H-,62,63,64,65,66,67);/q;+1. The smallest absolute Gasteiger partial charge is 0.744 e. The third-order valence-electron chi connectivity index (χ3n) is 13.7. The van der Waals surface area contributed by atoms with Crippen LogP contribution in [-0.4, -0.2) is 163 Å². The van der Waals surface area contributed by atoms with E-state index in [-0.39, 0.29) is 74.6 Å². The van der Waals surface area contributed by atoms with Crippen molar-refractivity contribution in [1.82, 2.24) is 5.06 Å². The van der Waals surface area contributed by atoms with Gasteiger partial charge in [-0.1, -0.05) is 36.4 Å². The molecule has 1 fully saturated rings. The van der Waals surface area contributed by atoms with Crippen molar-refractivity contribution in [2.45, 2.75) is 82.1 Å². The van der Waals surface area contributed by atoms with Gasteiger partial charge in [0.15, 0.2) is 5.71 Å². The number of methoxy groups -OCH3 is 1. The van der Waals surface area contributed by atoms with E-state index in [0.717, 1.165) is 22.4 Å². The summed E-state index contributed by atoms with van der Waals surface area (Å²) in [6.07, 6.45) is 5.84. The first-order valence-corrected chi connectivity index (χ1v) is 28.7. The number of ether oxygens (including phenoxy) is 7. The van der Waals surface area contributed by atoms with Crippen molar-refractivity contribution in [3.05, 3.63) is 101 Å². The fourth-order valence-corrected chi connectivity index (χ4v) is 10.9. The van der Waals surface area contributed by atoms with E-state index >= 15 is 0 Å². The van der Waals surface area contributed by atoms with Gasteiger partial charge in [0.25, 0.3) is 21.9 Å². The fourth-order valence-electron chi connectivity index (χ4n) is 9.93. The van der Waals surface area contributed by atoms with E-state index in [1.54, 1.807) is 7.11 Å². The molecule has 4 heterocycles. The molecule has 23 heteroatoms. The maximum atomic E-state index is 13.2. The zero-order valence-electron chi connectivity index (χ0n) is 45.3. The SMILES string of the molecule is COCCOCCOCCOCCOCCOCCN1c2cc3c(cc2C(C)=CC1(C)C)C(=CC1=[N+](CCCS(=O)(=O)O)c2ccc(S(=O)(=O)[O-])cc2C1(C)CCCC(=O)ON1C(=O)CCC1=O)C=C(c1ccccc1)O3.[Na+]. The van der Waals surface area contributed by atoms with Crippen LogP contribution in [0.4, 0.5) is 11.4 Å². The van der Waals surface area contributed by atoms with Crippen LogP contribution in [0.1, 0.15) is 88.5 Å². The molecule has 4 aliphatic rings. The summed E-state index contributed by atoms with van der Waals surface area (Å²) in [6, 6.07) is 17.6. The number of fused-ring (bicyclic) bond motifs is 3. The van der Waals surface area contributed by atoms with Crippen molar-refractivity contribution in [1.29, 1.82) is 0 Å². The Hall–Kier alpha value is -4.66. The zero-order chi connectivity index (χ0) is 55.4. The molecule has 1 N–H and O–H groups in total. The molecule has 1 unspecified atom stereocenters. The largest absolute Gasteiger partial charge is 1.00 e.